The number of carbonyl (C=O) groups is 1. The van der Waals surface area contributed by atoms with Gasteiger partial charge in [0.25, 0.3) is 5.56 Å². The van der Waals surface area contributed by atoms with Gasteiger partial charge in [-0.3, -0.25) is 14.3 Å². The van der Waals surface area contributed by atoms with Crippen molar-refractivity contribution in [2.24, 2.45) is 0 Å². The zero-order chi connectivity index (χ0) is 23.0. The van der Waals surface area contributed by atoms with Crippen molar-refractivity contribution in [1.29, 1.82) is 0 Å². The topological polar surface area (TPSA) is 128 Å². The standard InChI is InChI=1S/C22H25N5O5/c1-22(2,3)32-21(30)25-16-9-15-12(8-17(16)28)7-13(10-23-15)27-19(29)11-24-14-5-6-18(31-4)26-20(14)27/h5-7,10-11,16-17,28H,8-9H2,1-4H3,(H,25,30)/t16-,17-/m1/s1. The Morgan fingerprint density at radius 2 is 2.00 bits per heavy atom. The van der Waals surface area contributed by atoms with Crippen LogP contribution in [0.4, 0.5) is 4.79 Å². The van der Waals surface area contributed by atoms with E-state index >= 15 is 0 Å². The van der Waals surface area contributed by atoms with Gasteiger partial charge in [-0.25, -0.2) is 9.78 Å². The van der Waals surface area contributed by atoms with Crippen molar-refractivity contribution in [2.75, 3.05) is 7.11 Å². The second-order valence-electron chi connectivity index (χ2n) is 8.66. The lowest BCUT2D eigenvalue weighted by Crippen LogP contribution is -2.49. The maximum atomic E-state index is 12.6. The van der Waals surface area contributed by atoms with Gasteiger partial charge >= 0.3 is 6.09 Å². The summed E-state index contributed by atoms with van der Waals surface area (Å²) in [6, 6.07) is 4.67. The van der Waals surface area contributed by atoms with Gasteiger partial charge in [-0.1, -0.05) is 0 Å². The molecule has 0 unspecified atom stereocenters. The molecule has 0 fully saturated rings. The quantitative estimate of drug-likeness (QED) is 0.629. The molecule has 3 aromatic rings. The highest BCUT2D eigenvalue weighted by atomic mass is 16.6. The third-order valence-corrected chi connectivity index (χ3v) is 5.10. The molecule has 0 bridgehead atoms. The van der Waals surface area contributed by atoms with E-state index < -0.39 is 23.8 Å². The van der Waals surface area contributed by atoms with Crippen LogP contribution in [0.3, 0.4) is 0 Å². The molecule has 2 atom stereocenters. The largest absolute Gasteiger partial charge is 0.481 e. The number of fused-ring (bicyclic) bond motifs is 2. The van der Waals surface area contributed by atoms with Crippen molar-refractivity contribution >= 4 is 17.3 Å². The Labute approximate surface area is 184 Å². The second-order valence-corrected chi connectivity index (χ2v) is 8.66. The number of hydrogen-bond donors (Lipinski definition) is 2. The number of pyridine rings is 2. The van der Waals surface area contributed by atoms with Gasteiger partial charge in [-0.15, -0.1) is 0 Å². The van der Waals surface area contributed by atoms with Crippen molar-refractivity contribution in [2.45, 2.75) is 51.4 Å². The molecule has 10 heteroatoms. The van der Waals surface area contributed by atoms with Gasteiger partial charge in [0, 0.05) is 24.6 Å². The monoisotopic (exact) mass is 439 g/mol. The van der Waals surface area contributed by atoms with Crippen LogP contribution in [-0.2, 0) is 17.6 Å². The predicted octanol–water partition coefficient (Wildman–Crippen LogP) is 1.54. The summed E-state index contributed by atoms with van der Waals surface area (Å²) >= 11 is 0. The summed E-state index contributed by atoms with van der Waals surface area (Å²) in [6.45, 7) is 5.33. The Hall–Kier alpha value is -3.53. The van der Waals surface area contributed by atoms with Crippen LogP contribution in [0.5, 0.6) is 5.88 Å². The number of nitrogens with zero attached hydrogens (tertiary/aromatic N) is 4. The van der Waals surface area contributed by atoms with E-state index in [0.717, 1.165) is 11.3 Å². The van der Waals surface area contributed by atoms with Crippen LogP contribution >= 0.6 is 0 Å². The Morgan fingerprint density at radius 1 is 1.22 bits per heavy atom. The highest BCUT2D eigenvalue weighted by Crippen LogP contribution is 2.24. The highest BCUT2D eigenvalue weighted by molar-refractivity contribution is 5.72. The Morgan fingerprint density at radius 3 is 2.72 bits per heavy atom. The maximum Gasteiger partial charge on any atom is 0.407 e. The van der Waals surface area contributed by atoms with E-state index in [1.54, 1.807) is 45.2 Å². The summed E-state index contributed by atoms with van der Waals surface area (Å²) in [6.07, 6.45) is 2.00. The van der Waals surface area contributed by atoms with E-state index in [1.807, 2.05) is 0 Å². The Balaban J connectivity index is 1.65. The van der Waals surface area contributed by atoms with Crippen LogP contribution < -0.4 is 15.6 Å². The molecule has 10 nitrogen and oxygen atoms in total. The van der Waals surface area contributed by atoms with Gasteiger partial charge < -0.3 is 19.9 Å². The van der Waals surface area contributed by atoms with Crippen molar-refractivity contribution < 1.29 is 19.4 Å². The molecule has 0 aliphatic heterocycles. The molecule has 3 aromatic heterocycles. The van der Waals surface area contributed by atoms with Crippen molar-refractivity contribution in [3.8, 4) is 11.6 Å². The molecule has 1 aliphatic carbocycles. The van der Waals surface area contributed by atoms with Gasteiger partial charge in [0.1, 0.15) is 11.1 Å². The minimum atomic E-state index is -0.823. The third-order valence-electron chi connectivity index (χ3n) is 5.10. The molecule has 4 rings (SSSR count). The lowest BCUT2D eigenvalue weighted by molar-refractivity contribution is 0.0411. The molecule has 2 N–H and O–H groups in total. The molecule has 168 valence electrons. The average Bonchev–Trinajstić information content (AvgIpc) is 2.72. The average molecular weight is 439 g/mol. The van der Waals surface area contributed by atoms with Crippen LogP contribution in [0.25, 0.3) is 16.9 Å². The summed E-state index contributed by atoms with van der Waals surface area (Å²) in [5.74, 6) is 0.357. The number of ether oxygens (including phenoxy) is 2. The second kappa shape index (κ2) is 8.19. The number of aliphatic hydroxyl groups is 1. The first kappa shape index (κ1) is 21.7. The molecular weight excluding hydrogens is 414 g/mol. The predicted molar refractivity (Wildman–Crippen MR) is 116 cm³/mol. The normalized spacial score (nSPS) is 18.2. The van der Waals surface area contributed by atoms with E-state index in [4.69, 9.17) is 9.47 Å². The summed E-state index contributed by atoms with van der Waals surface area (Å²) in [4.78, 5) is 37.8. The van der Waals surface area contributed by atoms with Crippen molar-refractivity contribution in [3.63, 3.8) is 0 Å². The van der Waals surface area contributed by atoms with Crippen molar-refractivity contribution in [1.82, 2.24) is 24.8 Å². The van der Waals surface area contributed by atoms with E-state index in [0.29, 0.717) is 29.2 Å². The van der Waals surface area contributed by atoms with Gasteiger partial charge in [-0.05, 0) is 38.5 Å². The van der Waals surface area contributed by atoms with Gasteiger partial charge in [-0.2, -0.15) is 4.98 Å². The van der Waals surface area contributed by atoms with Crippen LogP contribution in [0.15, 0.2) is 35.4 Å². The number of methoxy groups -OCH3 is 1. The maximum absolute atomic E-state index is 12.6. The first-order valence-corrected chi connectivity index (χ1v) is 10.2. The van der Waals surface area contributed by atoms with Gasteiger partial charge in [0.2, 0.25) is 5.88 Å². The molecule has 0 radical (unpaired) electrons. The minimum Gasteiger partial charge on any atom is -0.481 e. The fourth-order valence-corrected chi connectivity index (χ4v) is 3.67. The fourth-order valence-electron chi connectivity index (χ4n) is 3.67. The number of aromatic nitrogens is 4. The molecule has 1 amide bonds. The molecule has 0 saturated heterocycles. The molecular formula is C22H25N5O5. The number of carbonyl (C=O) groups excluding carboxylic acids is 1. The number of alkyl carbamates (subject to hydrolysis) is 1. The molecule has 32 heavy (non-hydrogen) atoms. The number of rotatable bonds is 3. The summed E-state index contributed by atoms with van der Waals surface area (Å²) in [7, 11) is 1.50. The Kier molecular flexibility index (Phi) is 5.55. The zero-order valence-electron chi connectivity index (χ0n) is 18.3. The summed E-state index contributed by atoms with van der Waals surface area (Å²) in [5, 5.41) is 13.3. The highest BCUT2D eigenvalue weighted by Gasteiger charge is 2.31. The lowest BCUT2D eigenvalue weighted by atomic mass is 9.89. The summed E-state index contributed by atoms with van der Waals surface area (Å²) < 4.78 is 11.9. The van der Waals surface area contributed by atoms with Gasteiger partial charge in [0.05, 0.1) is 37.3 Å². The smallest absolute Gasteiger partial charge is 0.407 e. The number of aliphatic hydroxyl groups excluding tert-OH is 1. The molecule has 0 saturated carbocycles. The van der Waals surface area contributed by atoms with E-state index in [9.17, 15) is 14.7 Å². The van der Waals surface area contributed by atoms with Crippen LogP contribution in [0, 0.1) is 0 Å². The first-order chi connectivity index (χ1) is 15.1. The Bertz CT molecular complexity index is 1230. The lowest BCUT2D eigenvalue weighted by Gasteiger charge is -2.31. The number of amides is 1. The number of nitrogens with one attached hydrogen (secondary N) is 1. The molecule has 0 aromatic carbocycles. The molecule has 1 aliphatic rings. The van der Waals surface area contributed by atoms with Crippen LogP contribution in [0.2, 0.25) is 0 Å². The van der Waals surface area contributed by atoms with E-state index in [1.165, 1.54) is 17.9 Å². The van der Waals surface area contributed by atoms with Gasteiger partial charge in [0.15, 0.2) is 5.65 Å². The van der Waals surface area contributed by atoms with Crippen molar-refractivity contribution in [3.05, 3.63) is 52.2 Å². The zero-order valence-corrected chi connectivity index (χ0v) is 18.3. The van der Waals surface area contributed by atoms with E-state index in [2.05, 4.69) is 20.3 Å². The summed E-state index contributed by atoms with van der Waals surface area (Å²) in [5.41, 5.74) is 1.92. The minimum absolute atomic E-state index is 0.269. The molecule has 3 heterocycles. The fraction of sp³-hybridized carbons (Fsp3) is 0.409. The first-order valence-electron chi connectivity index (χ1n) is 10.2. The molecule has 0 spiro atoms. The van der Waals surface area contributed by atoms with Crippen LogP contribution in [-0.4, -0.2) is 55.6 Å². The third kappa shape index (κ3) is 4.40. The van der Waals surface area contributed by atoms with Crippen LogP contribution in [0.1, 0.15) is 32.0 Å². The number of hydrogen-bond acceptors (Lipinski definition) is 8. The SMILES string of the molecule is COc1ccc2ncc(=O)n(-c3cnc4c(c3)C[C@@H](O)[C@H](NC(=O)OC(C)(C)C)C4)c2n1. The van der Waals surface area contributed by atoms with E-state index in [-0.39, 0.29) is 12.0 Å².